The van der Waals surface area contributed by atoms with Crippen molar-refractivity contribution < 1.29 is 9.90 Å². The minimum Gasteiger partial charge on any atom is -0.476 e. The van der Waals surface area contributed by atoms with Crippen LogP contribution < -0.4 is 0 Å². The highest BCUT2D eigenvalue weighted by Crippen LogP contribution is 2.30. The van der Waals surface area contributed by atoms with Crippen LogP contribution in [-0.4, -0.2) is 21.0 Å². The van der Waals surface area contributed by atoms with E-state index in [0.717, 1.165) is 22.2 Å². The quantitative estimate of drug-likeness (QED) is 0.775. The third-order valence-electron chi connectivity index (χ3n) is 2.80. The van der Waals surface area contributed by atoms with Gasteiger partial charge >= 0.3 is 5.97 Å². The molecule has 0 aliphatic carbocycles. The fraction of sp³-hybridized carbons (Fsp3) is 0.0714. The lowest BCUT2D eigenvalue weighted by Gasteiger charge is -2.04. The molecule has 0 amide bonds. The molecule has 3 aromatic rings. The first-order chi connectivity index (χ1) is 9.15. The van der Waals surface area contributed by atoms with Crippen molar-refractivity contribution in [2.24, 2.45) is 0 Å². The monoisotopic (exact) mass is 270 g/mol. The van der Waals surface area contributed by atoms with Crippen LogP contribution in [0.3, 0.4) is 0 Å². The van der Waals surface area contributed by atoms with E-state index in [1.54, 1.807) is 5.38 Å². The maximum atomic E-state index is 10.9. The summed E-state index contributed by atoms with van der Waals surface area (Å²) in [6.07, 6.45) is 0. The number of carboxylic acids is 1. The smallest absolute Gasteiger partial charge is 0.355 e. The van der Waals surface area contributed by atoms with Crippen LogP contribution in [0.1, 0.15) is 16.2 Å². The van der Waals surface area contributed by atoms with E-state index >= 15 is 0 Å². The molecule has 0 aliphatic heterocycles. The number of fused-ring (bicyclic) bond motifs is 1. The van der Waals surface area contributed by atoms with E-state index in [9.17, 15) is 4.79 Å². The molecule has 0 spiro atoms. The fourth-order valence-corrected chi connectivity index (χ4v) is 2.80. The normalized spacial score (nSPS) is 10.8. The van der Waals surface area contributed by atoms with Crippen molar-refractivity contribution in [3.8, 4) is 10.6 Å². The Balaban J connectivity index is 2.26. The molecule has 19 heavy (non-hydrogen) atoms. The third kappa shape index (κ3) is 2.08. The highest BCUT2D eigenvalue weighted by Gasteiger charge is 2.13. The molecule has 0 fully saturated rings. The van der Waals surface area contributed by atoms with Gasteiger partial charge in [-0.1, -0.05) is 18.2 Å². The van der Waals surface area contributed by atoms with Crippen molar-refractivity contribution in [2.75, 3.05) is 0 Å². The van der Waals surface area contributed by atoms with Crippen LogP contribution in [0.15, 0.2) is 35.7 Å². The molecule has 0 unspecified atom stereocenters. The Morgan fingerprint density at radius 3 is 2.79 bits per heavy atom. The summed E-state index contributed by atoms with van der Waals surface area (Å²) in [6.45, 7) is 1.92. The summed E-state index contributed by atoms with van der Waals surface area (Å²) in [7, 11) is 0. The summed E-state index contributed by atoms with van der Waals surface area (Å²) in [5, 5.41) is 12.2. The van der Waals surface area contributed by atoms with E-state index < -0.39 is 5.97 Å². The predicted molar refractivity (Wildman–Crippen MR) is 74.5 cm³/mol. The van der Waals surface area contributed by atoms with E-state index in [1.165, 1.54) is 11.3 Å². The summed E-state index contributed by atoms with van der Waals surface area (Å²) in [5.74, 6) is -1.00. The summed E-state index contributed by atoms with van der Waals surface area (Å²) in [6, 6.07) is 9.72. The predicted octanol–water partition coefficient (Wildman–Crippen LogP) is 3.36. The van der Waals surface area contributed by atoms with Gasteiger partial charge in [0, 0.05) is 22.0 Å². The summed E-state index contributed by atoms with van der Waals surface area (Å²) in [4.78, 5) is 19.5. The number of carboxylic acid groups (broad SMARTS) is 1. The van der Waals surface area contributed by atoms with E-state index in [4.69, 9.17) is 5.11 Å². The molecule has 1 N–H and O–H groups in total. The van der Waals surface area contributed by atoms with Crippen LogP contribution >= 0.6 is 11.3 Å². The number of thiazole rings is 1. The molecule has 0 radical (unpaired) electrons. The largest absolute Gasteiger partial charge is 0.476 e. The fourth-order valence-electron chi connectivity index (χ4n) is 1.98. The number of rotatable bonds is 2. The maximum absolute atomic E-state index is 10.9. The highest BCUT2D eigenvalue weighted by atomic mass is 32.1. The van der Waals surface area contributed by atoms with Gasteiger partial charge in [-0.15, -0.1) is 11.3 Å². The molecular weight excluding hydrogens is 260 g/mol. The van der Waals surface area contributed by atoms with Gasteiger partial charge in [-0.05, 0) is 19.1 Å². The topological polar surface area (TPSA) is 63.1 Å². The van der Waals surface area contributed by atoms with Crippen LogP contribution in [0.5, 0.6) is 0 Å². The molecule has 0 saturated carbocycles. The Bertz CT molecular complexity index is 780. The molecule has 0 bridgehead atoms. The zero-order valence-electron chi connectivity index (χ0n) is 10.1. The van der Waals surface area contributed by atoms with Gasteiger partial charge < -0.3 is 5.11 Å². The van der Waals surface area contributed by atoms with Crippen molar-refractivity contribution in [1.82, 2.24) is 9.97 Å². The lowest BCUT2D eigenvalue weighted by molar-refractivity contribution is 0.0691. The van der Waals surface area contributed by atoms with Crippen LogP contribution in [0, 0.1) is 6.92 Å². The van der Waals surface area contributed by atoms with Gasteiger partial charge in [-0.3, -0.25) is 4.98 Å². The van der Waals surface area contributed by atoms with Gasteiger partial charge in [0.25, 0.3) is 0 Å². The molecule has 3 rings (SSSR count). The van der Waals surface area contributed by atoms with Gasteiger partial charge in [0.15, 0.2) is 5.69 Å². The molecular formula is C14H10N2O2S. The van der Waals surface area contributed by atoms with Gasteiger partial charge in [-0.25, -0.2) is 9.78 Å². The number of carbonyl (C=O) groups is 1. The van der Waals surface area contributed by atoms with Gasteiger partial charge in [0.2, 0.25) is 0 Å². The van der Waals surface area contributed by atoms with Crippen molar-refractivity contribution in [3.63, 3.8) is 0 Å². The Morgan fingerprint density at radius 1 is 1.26 bits per heavy atom. The SMILES string of the molecule is Cc1cc(-c2nc(C(=O)O)cs2)c2ccccc2n1. The number of nitrogens with zero attached hydrogens (tertiary/aromatic N) is 2. The van der Waals surface area contributed by atoms with Crippen LogP contribution in [0.25, 0.3) is 21.5 Å². The number of aryl methyl sites for hydroxylation is 1. The number of hydrogen-bond acceptors (Lipinski definition) is 4. The molecule has 0 aliphatic rings. The first-order valence-electron chi connectivity index (χ1n) is 5.71. The number of para-hydroxylation sites is 1. The van der Waals surface area contributed by atoms with E-state index in [-0.39, 0.29) is 5.69 Å². The molecule has 94 valence electrons. The molecule has 2 aromatic heterocycles. The Labute approximate surface area is 113 Å². The number of hydrogen-bond donors (Lipinski definition) is 1. The zero-order valence-corrected chi connectivity index (χ0v) is 10.9. The lowest BCUT2D eigenvalue weighted by atomic mass is 10.1. The average Bonchev–Trinajstić information content (AvgIpc) is 2.87. The van der Waals surface area contributed by atoms with Gasteiger partial charge in [0.1, 0.15) is 5.01 Å². The second-order valence-electron chi connectivity index (χ2n) is 4.17. The van der Waals surface area contributed by atoms with Gasteiger partial charge in [0.05, 0.1) is 5.52 Å². The van der Waals surface area contributed by atoms with Crippen LogP contribution in [-0.2, 0) is 0 Å². The Morgan fingerprint density at radius 2 is 2.05 bits per heavy atom. The molecule has 5 heteroatoms. The molecule has 4 nitrogen and oxygen atoms in total. The molecule has 0 atom stereocenters. The summed E-state index contributed by atoms with van der Waals surface area (Å²) >= 11 is 1.33. The molecule has 2 heterocycles. The number of benzene rings is 1. The zero-order chi connectivity index (χ0) is 13.4. The summed E-state index contributed by atoms with van der Waals surface area (Å²) < 4.78 is 0. The van der Waals surface area contributed by atoms with Crippen molar-refractivity contribution in [1.29, 1.82) is 0 Å². The lowest BCUT2D eigenvalue weighted by Crippen LogP contribution is -1.96. The first kappa shape index (κ1) is 11.8. The first-order valence-corrected chi connectivity index (χ1v) is 6.59. The van der Waals surface area contributed by atoms with Crippen molar-refractivity contribution in [2.45, 2.75) is 6.92 Å². The van der Waals surface area contributed by atoms with Crippen molar-refractivity contribution >= 4 is 28.2 Å². The minimum atomic E-state index is -1.00. The molecule has 0 saturated heterocycles. The molecule has 1 aromatic carbocycles. The third-order valence-corrected chi connectivity index (χ3v) is 3.67. The summed E-state index contributed by atoms with van der Waals surface area (Å²) in [5.41, 5.74) is 2.80. The minimum absolute atomic E-state index is 0.0820. The standard InChI is InChI=1S/C14H10N2O2S/c1-8-6-10(9-4-2-3-5-11(9)15-8)13-16-12(7-19-13)14(17)18/h2-7H,1H3,(H,17,18). The average molecular weight is 270 g/mol. The Kier molecular flexibility index (Phi) is 2.76. The number of aromatic nitrogens is 2. The second kappa shape index (κ2) is 4.44. The van der Waals surface area contributed by atoms with E-state index in [0.29, 0.717) is 5.01 Å². The number of pyridine rings is 1. The second-order valence-corrected chi connectivity index (χ2v) is 5.03. The maximum Gasteiger partial charge on any atom is 0.355 e. The van der Waals surface area contributed by atoms with Gasteiger partial charge in [-0.2, -0.15) is 0 Å². The van der Waals surface area contributed by atoms with E-state index in [2.05, 4.69) is 9.97 Å². The van der Waals surface area contributed by atoms with Crippen LogP contribution in [0.4, 0.5) is 0 Å². The highest BCUT2D eigenvalue weighted by molar-refractivity contribution is 7.13. The number of aromatic carboxylic acids is 1. The van der Waals surface area contributed by atoms with Crippen LogP contribution in [0.2, 0.25) is 0 Å². The Hall–Kier alpha value is -2.27. The van der Waals surface area contributed by atoms with E-state index in [1.807, 2.05) is 37.3 Å². The van der Waals surface area contributed by atoms with Crippen molar-refractivity contribution in [3.05, 3.63) is 47.1 Å².